The average molecular weight is 414 g/mol. The number of carbonyl (C=O) groups is 1. The van der Waals surface area contributed by atoms with Crippen molar-refractivity contribution in [3.05, 3.63) is 78.0 Å². The predicted octanol–water partition coefficient (Wildman–Crippen LogP) is 4.40. The number of nitrogens with one attached hydrogen (secondary N) is 2. The predicted molar refractivity (Wildman–Crippen MR) is 121 cm³/mol. The van der Waals surface area contributed by atoms with E-state index in [0.717, 1.165) is 21.9 Å². The van der Waals surface area contributed by atoms with E-state index < -0.39 is 0 Å². The molecule has 1 heterocycles. The second-order valence-corrected chi connectivity index (χ2v) is 6.94. The molecule has 3 aromatic carbocycles. The van der Waals surface area contributed by atoms with Gasteiger partial charge in [-0.25, -0.2) is 5.43 Å². The van der Waals surface area contributed by atoms with Gasteiger partial charge >= 0.3 is 0 Å². The number of amides is 1. The van der Waals surface area contributed by atoms with Crippen molar-refractivity contribution in [3.63, 3.8) is 0 Å². The molecule has 7 heteroatoms. The van der Waals surface area contributed by atoms with Crippen molar-refractivity contribution in [2.75, 3.05) is 14.2 Å². The zero-order valence-electron chi connectivity index (χ0n) is 17.5. The van der Waals surface area contributed by atoms with Gasteiger partial charge in [0.2, 0.25) is 0 Å². The fraction of sp³-hybridized carbons (Fsp3) is 0.125. The van der Waals surface area contributed by atoms with Crippen molar-refractivity contribution in [1.29, 1.82) is 0 Å². The molecule has 0 fully saturated rings. The quantitative estimate of drug-likeness (QED) is 0.362. The van der Waals surface area contributed by atoms with E-state index in [9.17, 15) is 4.79 Å². The Balaban J connectivity index is 1.49. The number of hydrogen-bond donors (Lipinski definition) is 2. The van der Waals surface area contributed by atoms with Crippen LogP contribution in [-0.4, -0.2) is 36.0 Å². The summed E-state index contributed by atoms with van der Waals surface area (Å²) < 4.78 is 10.6. The summed E-state index contributed by atoms with van der Waals surface area (Å²) in [6.45, 7) is 1.85. The molecule has 1 amide bonds. The summed E-state index contributed by atoms with van der Waals surface area (Å²) in [6.07, 6.45) is 0. The van der Waals surface area contributed by atoms with Gasteiger partial charge in [-0.2, -0.15) is 10.2 Å². The van der Waals surface area contributed by atoms with Crippen LogP contribution in [0.5, 0.6) is 11.5 Å². The summed E-state index contributed by atoms with van der Waals surface area (Å²) in [5.74, 6) is 0.835. The standard InChI is InChI=1S/C24H22N4O3/c1-15(17-9-8-16-6-4-5-7-18(16)12-17)25-28-24(29)21-14-20(26-27-21)19-10-11-22(30-2)23(13-19)31-3/h4-14H,1-3H3,(H,26,27)(H,28,29)/b25-15+. The zero-order valence-corrected chi connectivity index (χ0v) is 17.5. The van der Waals surface area contributed by atoms with Crippen LogP contribution in [0.15, 0.2) is 71.8 Å². The summed E-state index contributed by atoms with van der Waals surface area (Å²) >= 11 is 0. The number of ether oxygens (including phenoxy) is 2. The minimum Gasteiger partial charge on any atom is -0.493 e. The number of aromatic nitrogens is 2. The van der Waals surface area contributed by atoms with Crippen molar-refractivity contribution in [1.82, 2.24) is 15.6 Å². The lowest BCUT2D eigenvalue weighted by atomic mass is 10.0. The molecule has 0 radical (unpaired) electrons. The van der Waals surface area contributed by atoms with E-state index in [1.807, 2.05) is 49.4 Å². The number of nitrogens with zero attached hydrogens (tertiary/aromatic N) is 2. The first kappa shape index (κ1) is 20.2. The molecule has 0 aliphatic rings. The fourth-order valence-corrected chi connectivity index (χ4v) is 3.26. The lowest BCUT2D eigenvalue weighted by Gasteiger charge is -2.08. The van der Waals surface area contributed by atoms with E-state index >= 15 is 0 Å². The molecule has 4 aromatic rings. The Bertz CT molecular complexity index is 1280. The normalized spacial score (nSPS) is 11.4. The first-order valence-corrected chi connectivity index (χ1v) is 9.70. The van der Waals surface area contributed by atoms with E-state index in [0.29, 0.717) is 28.6 Å². The molecule has 31 heavy (non-hydrogen) atoms. The van der Waals surface area contributed by atoms with E-state index in [4.69, 9.17) is 9.47 Å². The molecule has 0 aliphatic heterocycles. The zero-order chi connectivity index (χ0) is 21.8. The maximum absolute atomic E-state index is 12.5. The Morgan fingerprint density at radius 2 is 1.71 bits per heavy atom. The van der Waals surface area contributed by atoms with Gasteiger partial charge in [0.15, 0.2) is 11.5 Å². The minimum atomic E-state index is -0.376. The van der Waals surface area contributed by atoms with Gasteiger partial charge < -0.3 is 9.47 Å². The summed E-state index contributed by atoms with van der Waals surface area (Å²) in [5.41, 5.74) is 5.94. The Morgan fingerprint density at radius 3 is 2.48 bits per heavy atom. The van der Waals surface area contributed by atoms with E-state index in [2.05, 4.69) is 26.8 Å². The summed E-state index contributed by atoms with van der Waals surface area (Å²) in [6, 6.07) is 21.3. The maximum Gasteiger partial charge on any atom is 0.289 e. The molecular formula is C24H22N4O3. The van der Waals surface area contributed by atoms with Gasteiger partial charge in [-0.1, -0.05) is 36.4 Å². The molecule has 0 unspecified atom stereocenters. The average Bonchev–Trinajstić information content (AvgIpc) is 3.32. The lowest BCUT2D eigenvalue weighted by Crippen LogP contribution is -2.19. The van der Waals surface area contributed by atoms with Crippen molar-refractivity contribution in [2.45, 2.75) is 6.92 Å². The highest BCUT2D eigenvalue weighted by molar-refractivity contribution is 6.03. The van der Waals surface area contributed by atoms with Gasteiger partial charge in [-0.05, 0) is 53.6 Å². The van der Waals surface area contributed by atoms with Crippen molar-refractivity contribution >= 4 is 22.4 Å². The molecular weight excluding hydrogens is 392 g/mol. The highest BCUT2D eigenvalue weighted by atomic mass is 16.5. The summed E-state index contributed by atoms with van der Waals surface area (Å²) in [5, 5.41) is 13.5. The number of hydrogen-bond acceptors (Lipinski definition) is 5. The molecule has 0 spiro atoms. The van der Waals surface area contributed by atoms with Crippen molar-refractivity contribution in [2.24, 2.45) is 5.10 Å². The van der Waals surface area contributed by atoms with Crippen molar-refractivity contribution < 1.29 is 14.3 Å². The van der Waals surface area contributed by atoms with E-state index in [1.165, 1.54) is 0 Å². The Kier molecular flexibility index (Phi) is 5.66. The van der Waals surface area contributed by atoms with Gasteiger partial charge in [0.05, 0.1) is 25.6 Å². The molecule has 2 N–H and O–H groups in total. The molecule has 0 atom stereocenters. The third-order valence-electron chi connectivity index (χ3n) is 4.99. The number of benzene rings is 3. The molecule has 0 bridgehead atoms. The number of carbonyl (C=O) groups excluding carboxylic acids is 1. The van der Waals surface area contributed by atoms with Crippen LogP contribution >= 0.6 is 0 Å². The highest BCUT2D eigenvalue weighted by Crippen LogP contribution is 2.31. The van der Waals surface area contributed by atoms with Crippen LogP contribution < -0.4 is 14.9 Å². The second kappa shape index (κ2) is 8.71. The lowest BCUT2D eigenvalue weighted by molar-refractivity contribution is 0.0950. The van der Waals surface area contributed by atoms with E-state index in [-0.39, 0.29) is 5.91 Å². The molecule has 0 aliphatic carbocycles. The smallest absolute Gasteiger partial charge is 0.289 e. The molecule has 0 saturated carbocycles. The van der Waals surface area contributed by atoms with E-state index in [1.54, 1.807) is 32.4 Å². The maximum atomic E-state index is 12.5. The largest absolute Gasteiger partial charge is 0.493 e. The minimum absolute atomic E-state index is 0.305. The van der Waals surface area contributed by atoms with Gasteiger partial charge in [0.25, 0.3) is 5.91 Å². The Hall–Kier alpha value is -4.13. The first-order chi connectivity index (χ1) is 15.1. The van der Waals surface area contributed by atoms with Crippen LogP contribution in [0.3, 0.4) is 0 Å². The first-order valence-electron chi connectivity index (χ1n) is 9.70. The third kappa shape index (κ3) is 4.25. The monoisotopic (exact) mass is 414 g/mol. The van der Waals surface area contributed by atoms with Crippen LogP contribution in [0.2, 0.25) is 0 Å². The summed E-state index contributed by atoms with van der Waals surface area (Å²) in [4.78, 5) is 12.5. The number of fused-ring (bicyclic) bond motifs is 1. The molecule has 4 rings (SSSR count). The Morgan fingerprint density at radius 1 is 0.935 bits per heavy atom. The topological polar surface area (TPSA) is 88.6 Å². The van der Waals surface area contributed by atoms with Gasteiger partial charge in [0.1, 0.15) is 5.69 Å². The number of rotatable bonds is 6. The summed E-state index contributed by atoms with van der Waals surface area (Å²) in [7, 11) is 3.15. The van der Waals surface area contributed by atoms with Gasteiger partial charge in [-0.3, -0.25) is 9.89 Å². The van der Waals surface area contributed by atoms with Crippen molar-refractivity contribution in [3.8, 4) is 22.8 Å². The number of hydrazone groups is 1. The van der Waals surface area contributed by atoms with Crippen LogP contribution in [0, 0.1) is 0 Å². The van der Waals surface area contributed by atoms with Crippen LogP contribution in [0.25, 0.3) is 22.0 Å². The third-order valence-corrected chi connectivity index (χ3v) is 4.99. The molecule has 7 nitrogen and oxygen atoms in total. The molecule has 1 aromatic heterocycles. The van der Waals surface area contributed by atoms with Crippen LogP contribution in [-0.2, 0) is 0 Å². The number of methoxy groups -OCH3 is 2. The number of H-pyrrole nitrogens is 1. The van der Waals surface area contributed by atoms with Crippen LogP contribution in [0.4, 0.5) is 0 Å². The van der Waals surface area contributed by atoms with Gasteiger partial charge in [0, 0.05) is 5.56 Å². The second-order valence-electron chi connectivity index (χ2n) is 6.94. The molecule has 156 valence electrons. The number of aromatic amines is 1. The van der Waals surface area contributed by atoms with Gasteiger partial charge in [-0.15, -0.1) is 0 Å². The fourth-order valence-electron chi connectivity index (χ4n) is 3.26. The molecule has 0 saturated heterocycles. The Labute approximate surface area is 179 Å². The highest BCUT2D eigenvalue weighted by Gasteiger charge is 2.13. The van der Waals surface area contributed by atoms with Crippen LogP contribution in [0.1, 0.15) is 23.0 Å². The SMILES string of the molecule is COc1ccc(-c2cc(C(=O)N/N=C(\C)c3ccc4ccccc4c3)[nH]n2)cc1OC.